The van der Waals surface area contributed by atoms with Crippen LogP contribution in [0.5, 0.6) is 0 Å². The smallest absolute Gasteiger partial charge is 0.243 e. The zero-order valence-electron chi connectivity index (χ0n) is 15.7. The van der Waals surface area contributed by atoms with E-state index >= 15 is 0 Å². The summed E-state index contributed by atoms with van der Waals surface area (Å²) in [6, 6.07) is 10.2. The summed E-state index contributed by atoms with van der Waals surface area (Å²) in [6.07, 6.45) is 7.36. The summed E-state index contributed by atoms with van der Waals surface area (Å²) < 4.78 is 0. The lowest BCUT2D eigenvalue weighted by Crippen LogP contribution is -2.51. The highest BCUT2D eigenvalue weighted by Crippen LogP contribution is 2.30. The summed E-state index contributed by atoms with van der Waals surface area (Å²) in [5.41, 5.74) is 1.29. The van der Waals surface area contributed by atoms with Crippen LogP contribution in [0.25, 0.3) is 0 Å². The van der Waals surface area contributed by atoms with Crippen LogP contribution in [0.2, 0.25) is 0 Å². The Labute approximate surface area is 161 Å². The molecule has 0 bridgehead atoms. The van der Waals surface area contributed by atoms with Crippen molar-refractivity contribution in [1.82, 2.24) is 10.2 Å². The Morgan fingerprint density at radius 3 is 2.65 bits per heavy atom. The molecule has 4 nitrogen and oxygen atoms in total. The quantitative estimate of drug-likeness (QED) is 0.828. The zero-order chi connectivity index (χ0) is 18.4. The van der Waals surface area contributed by atoms with Crippen molar-refractivity contribution in [3.63, 3.8) is 0 Å². The van der Waals surface area contributed by atoms with Crippen LogP contribution < -0.4 is 5.32 Å². The molecule has 1 saturated heterocycles. The molecule has 2 fully saturated rings. The maximum absolute atomic E-state index is 12.8. The first-order valence-electron chi connectivity index (χ1n) is 9.87. The van der Waals surface area contributed by atoms with Crippen LogP contribution >= 0.6 is 11.8 Å². The molecule has 1 aliphatic carbocycles. The van der Waals surface area contributed by atoms with E-state index in [2.05, 4.69) is 24.4 Å². The molecule has 2 amide bonds. The standard InChI is InChI=1S/C21H30N2O2S/c1-16(12-13-17-8-4-2-5-9-17)22-20(24)19-14-26-15-23(19)21(25)18-10-6-3-7-11-18/h2,4-5,8-9,16,18-19H,3,6-7,10-15H2,1H3,(H,22,24). The van der Waals surface area contributed by atoms with Gasteiger partial charge in [-0.25, -0.2) is 0 Å². The highest BCUT2D eigenvalue weighted by molar-refractivity contribution is 7.99. The van der Waals surface area contributed by atoms with Crippen molar-refractivity contribution in [2.45, 2.75) is 64.0 Å². The Hall–Kier alpha value is -1.49. The minimum absolute atomic E-state index is 0.0136. The summed E-state index contributed by atoms with van der Waals surface area (Å²) in [7, 11) is 0. The van der Waals surface area contributed by atoms with Crippen LogP contribution in [-0.4, -0.2) is 40.4 Å². The second-order valence-corrected chi connectivity index (χ2v) is 8.59. The second-order valence-electron chi connectivity index (χ2n) is 7.59. The third kappa shape index (κ3) is 5.03. The number of carbonyl (C=O) groups excluding carboxylic acids is 2. The maximum Gasteiger partial charge on any atom is 0.243 e. The van der Waals surface area contributed by atoms with E-state index in [4.69, 9.17) is 0 Å². The number of carbonyl (C=O) groups is 2. The number of benzene rings is 1. The van der Waals surface area contributed by atoms with E-state index in [1.54, 1.807) is 11.8 Å². The molecule has 3 rings (SSSR count). The van der Waals surface area contributed by atoms with Gasteiger partial charge in [0.25, 0.3) is 0 Å². The van der Waals surface area contributed by atoms with Gasteiger partial charge in [-0.05, 0) is 38.2 Å². The number of hydrogen-bond acceptors (Lipinski definition) is 3. The van der Waals surface area contributed by atoms with Crippen LogP contribution in [0.1, 0.15) is 51.0 Å². The molecule has 1 aromatic carbocycles. The number of hydrogen-bond donors (Lipinski definition) is 1. The van der Waals surface area contributed by atoms with E-state index < -0.39 is 0 Å². The van der Waals surface area contributed by atoms with Crippen molar-refractivity contribution >= 4 is 23.6 Å². The van der Waals surface area contributed by atoms with Gasteiger partial charge in [0.05, 0.1) is 5.88 Å². The minimum Gasteiger partial charge on any atom is -0.352 e. The highest BCUT2D eigenvalue weighted by atomic mass is 32.2. The fourth-order valence-corrected chi connectivity index (χ4v) is 5.06. The van der Waals surface area contributed by atoms with Gasteiger partial charge in [-0.2, -0.15) is 0 Å². The van der Waals surface area contributed by atoms with Gasteiger partial charge in [0, 0.05) is 17.7 Å². The Kier molecular flexibility index (Phi) is 7.00. The maximum atomic E-state index is 12.8. The Morgan fingerprint density at radius 2 is 1.92 bits per heavy atom. The summed E-state index contributed by atoms with van der Waals surface area (Å²) in [6.45, 7) is 2.05. The Morgan fingerprint density at radius 1 is 1.19 bits per heavy atom. The first-order chi connectivity index (χ1) is 12.6. The summed E-state index contributed by atoms with van der Waals surface area (Å²) in [5, 5.41) is 3.13. The number of thioether (sulfide) groups is 1. The molecular weight excluding hydrogens is 344 g/mol. The van der Waals surface area contributed by atoms with E-state index in [9.17, 15) is 9.59 Å². The predicted molar refractivity (Wildman–Crippen MR) is 107 cm³/mol. The average Bonchev–Trinajstić information content (AvgIpc) is 3.17. The van der Waals surface area contributed by atoms with Gasteiger partial charge in [-0.1, -0.05) is 49.6 Å². The van der Waals surface area contributed by atoms with Crippen LogP contribution in [0, 0.1) is 5.92 Å². The molecule has 5 heteroatoms. The topological polar surface area (TPSA) is 49.4 Å². The van der Waals surface area contributed by atoms with Crippen molar-refractivity contribution in [1.29, 1.82) is 0 Å². The van der Waals surface area contributed by atoms with Crippen LogP contribution in [0.15, 0.2) is 30.3 Å². The molecule has 1 aromatic rings. The van der Waals surface area contributed by atoms with Gasteiger partial charge in [0.15, 0.2) is 0 Å². The fraction of sp³-hybridized carbons (Fsp3) is 0.619. The number of nitrogens with zero attached hydrogens (tertiary/aromatic N) is 1. The van der Waals surface area contributed by atoms with Crippen LogP contribution in [-0.2, 0) is 16.0 Å². The van der Waals surface area contributed by atoms with Gasteiger partial charge < -0.3 is 10.2 Å². The van der Waals surface area contributed by atoms with Crippen LogP contribution in [0.4, 0.5) is 0 Å². The SMILES string of the molecule is CC(CCc1ccccc1)NC(=O)C1CSCN1C(=O)C1CCCCC1. The summed E-state index contributed by atoms with van der Waals surface area (Å²) in [5.74, 6) is 1.72. The fourth-order valence-electron chi connectivity index (χ4n) is 3.90. The molecular formula is C21H30N2O2S. The monoisotopic (exact) mass is 374 g/mol. The third-order valence-corrected chi connectivity index (χ3v) is 6.53. The van der Waals surface area contributed by atoms with Gasteiger partial charge in [0.1, 0.15) is 6.04 Å². The molecule has 0 spiro atoms. The second kappa shape index (κ2) is 9.45. The predicted octanol–water partition coefficient (Wildman–Crippen LogP) is 3.61. The first-order valence-corrected chi connectivity index (χ1v) is 11.0. The van der Waals surface area contributed by atoms with E-state index in [0.29, 0.717) is 5.88 Å². The molecule has 142 valence electrons. The third-order valence-electron chi connectivity index (χ3n) is 5.52. The molecule has 26 heavy (non-hydrogen) atoms. The van der Waals surface area contributed by atoms with Crippen molar-refractivity contribution < 1.29 is 9.59 Å². The Bertz CT molecular complexity index is 601. The zero-order valence-corrected chi connectivity index (χ0v) is 16.5. The van der Waals surface area contributed by atoms with Crippen molar-refractivity contribution in [2.75, 3.05) is 11.6 Å². The lowest BCUT2D eigenvalue weighted by molar-refractivity contribution is -0.142. The largest absolute Gasteiger partial charge is 0.352 e. The van der Waals surface area contributed by atoms with Gasteiger partial charge in [0.2, 0.25) is 11.8 Å². The first kappa shape index (κ1) is 19.3. The van der Waals surface area contributed by atoms with Crippen molar-refractivity contribution in [2.24, 2.45) is 5.92 Å². The lowest BCUT2D eigenvalue weighted by Gasteiger charge is -2.30. The minimum atomic E-state index is -0.298. The molecule has 2 atom stereocenters. The molecule has 1 heterocycles. The van der Waals surface area contributed by atoms with Crippen molar-refractivity contribution in [3.8, 4) is 0 Å². The van der Waals surface area contributed by atoms with E-state index in [-0.39, 0.29) is 29.8 Å². The summed E-state index contributed by atoms with van der Waals surface area (Å²) in [4.78, 5) is 27.4. The molecule has 1 aliphatic heterocycles. The van der Waals surface area contributed by atoms with E-state index in [1.807, 2.05) is 23.1 Å². The normalized spacial score (nSPS) is 22.2. The summed E-state index contributed by atoms with van der Waals surface area (Å²) >= 11 is 1.69. The van der Waals surface area contributed by atoms with Crippen LogP contribution in [0.3, 0.4) is 0 Å². The number of rotatable bonds is 6. The highest BCUT2D eigenvalue weighted by Gasteiger charge is 2.38. The number of nitrogens with one attached hydrogen (secondary N) is 1. The number of amides is 2. The molecule has 2 unspecified atom stereocenters. The molecule has 1 N–H and O–H groups in total. The average molecular weight is 375 g/mol. The molecule has 2 aliphatic rings. The number of aryl methyl sites for hydroxylation is 1. The van der Waals surface area contributed by atoms with E-state index in [1.165, 1.54) is 12.0 Å². The van der Waals surface area contributed by atoms with Gasteiger partial charge in [-0.15, -0.1) is 11.8 Å². The molecule has 1 saturated carbocycles. The van der Waals surface area contributed by atoms with Gasteiger partial charge in [-0.3, -0.25) is 9.59 Å². The van der Waals surface area contributed by atoms with Crippen molar-refractivity contribution in [3.05, 3.63) is 35.9 Å². The molecule has 0 radical (unpaired) electrons. The van der Waals surface area contributed by atoms with Gasteiger partial charge >= 0.3 is 0 Å². The van der Waals surface area contributed by atoms with E-state index in [0.717, 1.165) is 44.3 Å². The Balaban J connectivity index is 1.50. The molecule has 0 aromatic heterocycles. The lowest BCUT2D eigenvalue weighted by atomic mass is 9.88.